The van der Waals surface area contributed by atoms with Gasteiger partial charge in [0.1, 0.15) is 0 Å². The molecule has 0 saturated heterocycles. The lowest BCUT2D eigenvalue weighted by Gasteiger charge is -2.17. The number of hydrogen-bond acceptors (Lipinski definition) is 1. The molecule has 0 bridgehead atoms. The van der Waals surface area contributed by atoms with E-state index >= 15 is 0 Å². The highest BCUT2D eigenvalue weighted by Gasteiger charge is 2.62. The average Bonchev–Trinajstić information content (AvgIpc) is 3.11. The fourth-order valence-electron chi connectivity index (χ4n) is 3.20. The number of aliphatic hydroxyl groups excluding tert-OH is 1. The Kier molecular flexibility index (Phi) is 1.93. The predicted molar refractivity (Wildman–Crippen MR) is 60.8 cm³/mol. The Morgan fingerprint density at radius 1 is 1.40 bits per heavy atom. The summed E-state index contributed by atoms with van der Waals surface area (Å²) in [6.45, 7) is 2.52. The Morgan fingerprint density at radius 3 is 2.73 bits per heavy atom. The Bertz CT molecular complexity index is 381. The molecule has 80 valence electrons. The standard InChI is InChI=1S/C14H18O/c1-10-3-2-4-12(7-10)14(11-5-6-11)8-13(14)9-15/h2-4,7,11,13,15H,5-6,8-9H2,1H3. The fourth-order valence-corrected chi connectivity index (χ4v) is 3.20. The van der Waals surface area contributed by atoms with Gasteiger partial charge in [-0.2, -0.15) is 0 Å². The van der Waals surface area contributed by atoms with Crippen molar-refractivity contribution in [3.05, 3.63) is 35.4 Å². The molecule has 1 aromatic rings. The summed E-state index contributed by atoms with van der Waals surface area (Å²) >= 11 is 0. The second-order valence-electron chi connectivity index (χ2n) is 5.27. The largest absolute Gasteiger partial charge is 0.396 e. The number of hydrogen-bond donors (Lipinski definition) is 1. The van der Waals surface area contributed by atoms with Crippen molar-refractivity contribution in [2.24, 2.45) is 11.8 Å². The van der Waals surface area contributed by atoms with Gasteiger partial charge in [0.05, 0.1) is 0 Å². The van der Waals surface area contributed by atoms with Crippen LogP contribution in [0.25, 0.3) is 0 Å². The normalized spacial score (nSPS) is 34.1. The van der Waals surface area contributed by atoms with E-state index in [1.54, 1.807) is 0 Å². The number of benzene rings is 1. The van der Waals surface area contributed by atoms with Crippen LogP contribution in [0.15, 0.2) is 24.3 Å². The summed E-state index contributed by atoms with van der Waals surface area (Å²) in [7, 11) is 0. The van der Waals surface area contributed by atoms with Crippen LogP contribution in [0.2, 0.25) is 0 Å². The highest BCUT2D eigenvalue weighted by molar-refractivity contribution is 5.39. The van der Waals surface area contributed by atoms with Crippen molar-refractivity contribution in [1.82, 2.24) is 0 Å². The first-order valence-corrected chi connectivity index (χ1v) is 5.95. The molecule has 15 heavy (non-hydrogen) atoms. The zero-order chi connectivity index (χ0) is 10.5. The monoisotopic (exact) mass is 202 g/mol. The highest BCUT2D eigenvalue weighted by atomic mass is 16.3. The minimum absolute atomic E-state index is 0.362. The molecule has 1 aromatic carbocycles. The van der Waals surface area contributed by atoms with Crippen molar-refractivity contribution in [2.45, 2.75) is 31.6 Å². The van der Waals surface area contributed by atoms with Crippen LogP contribution in [-0.2, 0) is 5.41 Å². The van der Waals surface area contributed by atoms with Gasteiger partial charge < -0.3 is 5.11 Å². The molecule has 1 nitrogen and oxygen atoms in total. The first-order chi connectivity index (χ1) is 7.27. The lowest BCUT2D eigenvalue weighted by molar-refractivity contribution is 0.259. The van der Waals surface area contributed by atoms with Crippen molar-refractivity contribution in [1.29, 1.82) is 0 Å². The molecule has 2 aliphatic rings. The average molecular weight is 202 g/mol. The van der Waals surface area contributed by atoms with Crippen LogP contribution in [0.4, 0.5) is 0 Å². The topological polar surface area (TPSA) is 20.2 Å². The summed E-state index contributed by atoms with van der Waals surface area (Å²) < 4.78 is 0. The Morgan fingerprint density at radius 2 is 2.20 bits per heavy atom. The highest BCUT2D eigenvalue weighted by Crippen LogP contribution is 2.65. The summed E-state index contributed by atoms with van der Waals surface area (Å²) in [4.78, 5) is 0. The van der Waals surface area contributed by atoms with Gasteiger partial charge in [0, 0.05) is 12.0 Å². The Balaban J connectivity index is 1.97. The van der Waals surface area contributed by atoms with E-state index in [0.29, 0.717) is 17.9 Å². The van der Waals surface area contributed by atoms with E-state index in [1.165, 1.54) is 30.4 Å². The fraction of sp³-hybridized carbons (Fsp3) is 0.571. The number of aliphatic hydroxyl groups is 1. The summed E-state index contributed by atoms with van der Waals surface area (Å²) in [5.41, 5.74) is 3.18. The molecular formula is C14H18O. The molecule has 1 heteroatoms. The van der Waals surface area contributed by atoms with Crippen molar-refractivity contribution < 1.29 is 5.11 Å². The third-order valence-electron chi connectivity index (χ3n) is 4.23. The molecule has 3 rings (SSSR count). The number of aryl methyl sites for hydroxylation is 1. The smallest absolute Gasteiger partial charge is 0.0468 e. The van der Waals surface area contributed by atoms with Gasteiger partial charge in [0.2, 0.25) is 0 Å². The molecule has 2 unspecified atom stereocenters. The second kappa shape index (κ2) is 3.08. The van der Waals surface area contributed by atoms with Gasteiger partial charge in [-0.25, -0.2) is 0 Å². The van der Waals surface area contributed by atoms with Crippen LogP contribution in [-0.4, -0.2) is 11.7 Å². The lowest BCUT2D eigenvalue weighted by Crippen LogP contribution is -2.14. The van der Waals surface area contributed by atoms with Crippen LogP contribution >= 0.6 is 0 Å². The predicted octanol–water partition coefficient (Wildman–Crippen LogP) is 2.66. The van der Waals surface area contributed by atoms with E-state index in [0.717, 1.165) is 5.92 Å². The lowest BCUT2D eigenvalue weighted by atomic mass is 9.87. The van der Waals surface area contributed by atoms with Crippen molar-refractivity contribution in [3.8, 4) is 0 Å². The van der Waals surface area contributed by atoms with Crippen LogP contribution in [0.5, 0.6) is 0 Å². The van der Waals surface area contributed by atoms with Gasteiger partial charge in [0.25, 0.3) is 0 Å². The number of rotatable bonds is 3. The van der Waals surface area contributed by atoms with E-state index in [-0.39, 0.29) is 0 Å². The molecule has 0 amide bonds. The molecular weight excluding hydrogens is 184 g/mol. The molecule has 2 fully saturated rings. The second-order valence-corrected chi connectivity index (χ2v) is 5.27. The summed E-state index contributed by atoms with van der Waals surface area (Å²) in [6.07, 6.45) is 3.94. The molecule has 2 saturated carbocycles. The van der Waals surface area contributed by atoms with E-state index in [1.807, 2.05) is 0 Å². The van der Waals surface area contributed by atoms with Crippen molar-refractivity contribution >= 4 is 0 Å². The van der Waals surface area contributed by atoms with Crippen LogP contribution < -0.4 is 0 Å². The van der Waals surface area contributed by atoms with Gasteiger partial charge in [-0.15, -0.1) is 0 Å². The third kappa shape index (κ3) is 1.33. The Hall–Kier alpha value is -0.820. The molecule has 1 N–H and O–H groups in total. The van der Waals surface area contributed by atoms with Crippen LogP contribution in [0.1, 0.15) is 30.4 Å². The van der Waals surface area contributed by atoms with Crippen molar-refractivity contribution in [3.63, 3.8) is 0 Å². The molecule has 0 heterocycles. The first-order valence-electron chi connectivity index (χ1n) is 5.95. The summed E-state index contributed by atoms with van der Waals surface area (Å²) in [5.74, 6) is 1.39. The van der Waals surface area contributed by atoms with E-state index < -0.39 is 0 Å². The maximum Gasteiger partial charge on any atom is 0.0468 e. The zero-order valence-corrected chi connectivity index (χ0v) is 9.24. The van der Waals surface area contributed by atoms with Gasteiger partial charge >= 0.3 is 0 Å². The van der Waals surface area contributed by atoms with Gasteiger partial charge in [-0.3, -0.25) is 0 Å². The molecule has 2 aliphatic carbocycles. The molecule has 0 spiro atoms. The van der Waals surface area contributed by atoms with Gasteiger partial charge in [-0.05, 0) is 43.6 Å². The van der Waals surface area contributed by atoms with E-state index in [9.17, 15) is 5.11 Å². The van der Waals surface area contributed by atoms with Gasteiger partial charge in [-0.1, -0.05) is 29.8 Å². The molecule has 0 radical (unpaired) electrons. The Labute approximate surface area is 91.1 Å². The summed E-state index contributed by atoms with van der Waals surface area (Å²) in [5, 5.41) is 9.35. The zero-order valence-electron chi connectivity index (χ0n) is 9.24. The van der Waals surface area contributed by atoms with Gasteiger partial charge in [0.15, 0.2) is 0 Å². The quantitative estimate of drug-likeness (QED) is 0.799. The van der Waals surface area contributed by atoms with Crippen molar-refractivity contribution in [2.75, 3.05) is 6.61 Å². The van der Waals surface area contributed by atoms with E-state index in [2.05, 4.69) is 31.2 Å². The summed E-state index contributed by atoms with van der Waals surface area (Å²) in [6, 6.07) is 8.87. The van der Waals surface area contributed by atoms with E-state index in [4.69, 9.17) is 0 Å². The molecule has 0 aliphatic heterocycles. The first kappa shape index (κ1) is 9.41. The maximum atomic E-state index is 9.35. The van der Waals surface area contributed by atoms with Crippen LogP contribution in [0.3, 0.4) is 0 Å². The minimum Gasteiger partial charge on any atom is -0.396 e. The SMILES string of the molecule is Cc1cccc(C2(C3CC3)CC2CO)c1. The maximum absolute atomic E-state index is 9.35. The third-order valence-corrected chi connectivity index (χ3v) is 4.23. The molecule has 2 atom stereocenters. The molecule has 0 aromatic heterocycles. The minimum atomic E-state index is 0.362. The van der Waals surface area contributed by atoms with Crippen LogP contribution in [0, 0.1) is 18.8 Å².